The second-order valence-electron chi connectivity index (χ2n) is 8.01. The molecule has 1 N–H and O–H groups in total. The number of carbonyl (C=O) groups is 1. The molecule has 30 heavy (non-hydrogen) atoms. The van der Waals surface area contributed by atoms with Gasteiger partial charge in [0, 0.05) is 43.0 Å². The molecule has 1 aliphatic rings. The lowest BCUT2D eigenvalue weighted by Crippen LogP contribution is -2.41. The number of benzene rings is 1. The third-order valence-corrected chi connectivity index (χ3v) is 5.80. The van der Waals surface area contributed by atoms with Gasteiger partial charge < -0.3 is 9.88 Å². The molecule has 1 fully saturated rings. The van der Waals surface area contributed by atoms with Crippen molar-refractivity contribution in [3.8, 4) is 11.3 Å². The highest BCUT2D eigenvalue weighted by Crippen LogP contribution is 2.28. The number of hydrogen-bond acceptors (Lipinski definition) is 4. The van der Waals surface area contributed by atoms with Crippen LogP contribution in [0.5, 0.6) is 0 Å². The molecule has 2 aromatic heterocycles. The average molecular weight is 402 g/mol. The quantitative estimate of drug-likeness (QED) is 0.722. The van der Waals surface area contributed by atoms with Crippen LogP contribution in [0.3, 0.4) is 0 Å². The number of piperidine rings is 1. The minimum Gasteiger partial charge on any atom is -0.341 e. The molecule has 1 saturated heterocycles. The number of hydrogen-bond donors (Lipinski definition) is 1. The summed E-state index contributed by atoms with van der Waals surface area (Å²) >= 11 is 0. The van der Waals surface area contributed by atoms with Gasteiger partial charge in [0.05, 0.1) is 11.6 Å². The molecule has 1 aromatic carbocycles. The topological polar surface area (TPSA) is 79.0 Å². The number of nitrogens with zero attached hydrogens (tertiary/aromatic N) is 3. The standard InChI is InChI=1S/C24H26N4O2/c1-16-5-7-18(8-6-16)17(2)24(30)28-13-3-4-20(15-28)23-26-21(14-22(29)27-23)19-9-11-25-12-10-19/h5-12,14,17,20H,3-4,13,15H2,1-2H3,(H,26,27,29)/t17-,20+/m1/s1. The van der Waals surface area contributed by atoms with E-state index in [1.807, 2.05) is 55.1 Å². The molecule has 2 atom stereocenters. The first-order chi connectivity index (χ1) is 14.5. The molecular formula is C24H26N4O2. The van der Waals surface area contributed by atoms with Gasteiger partial charge >= 0.3 is 0 Å². The lowest BCUT2D eigenvalue weighted by atomic mass is 9.93. The maximum Gasteiger partial charge on any atom is 0.251 e. The van der Waals surface area contributed by atoms with Gasteiger partial charge in [0.15, 0.2) is 0 Å². The van der Waals surface area contributed by atoms with E-state index in [2.05, 4.69) is 9.97 Å². The monoisotopic (exact) mass is 402 g/mol. The number of aromatic amines is 1. The van der Waals surface area contributed by atoms with Gasteiger partial charge in [0.1, 0.15) is 5.82 Å². The van der Waals surface area contributed by atoms with E-state index < -0.39 is 0 Å². The summed E-state index contributed by atoms with van der Waals surface area (Å²) in [5, 5.41) is 0. The number of nitrogens with one attached hydrogen (secondary N) is 1. The van der Waals surface area contributed by atoms with Gasteiger partial charge in [0.25, 0.3) is 5.56 Å². The van der Waals surface area contributed by atoms with Crippen LogP contribution in [0.1, 0.15) is 48.6 Å². The van der Waals surface area contributed by atoms with E-state index in [-0.39, 0.29) is 23.3 Å². The SMILES string of the molecule is Cc1ccc([C@@H](C)C(=O)N2CCC[C@H](c3nc(-c4ccncc4)cc(=O)[nH]3)C2)cc1. The van der Waals surface area contributed by atoms with Crippen LogP contribution in [0, 0.1) is 6.92 Å². The molecule has 0 radical (unpaired) electrons. The van der Waals surface area contributed by atoms with E-state index in [4.69, 9.17) is 4.98 Å². The van der Waals surface area contributed by atoms with Crippen LogP contribution < -0.4 is 5.56 Å². The number of likely N-dealkylation sites (tertiary alicyclic amines) is 1. The van der Waals surface area contributed by atoms with E-state index in [0.29, 0.717) is 18.1 Å². The van der Waals surface area contributed by atoms with Gasteiger partial charge in [-0.25, -0.2) is 4.98 Å². The Hall–Kier alpha value is -3.28. The maximum atomic E-state index is 13.1. The lowest BCUT2D eigenvalue weighted by Gasteiger charge is -2.34. The number of pyridine rings is 1. The molecular weight excluding hydrogens is 376 g/mol. The zero-order valence-corrected chi connectivity index (χ0v) is 17.3. The molecule has 3 aromatic rings. The molecule has 6 nitrogen and oxygen atoms in total. The molecule has 3 heterocycles. The zero-order valence-electron chi connectivity index (χ0n) is 17.3. The minimum absolute atomic E-state index is 0.0161. The van der Waals surface area contributed by atoms with Gasteiger partial charge in [-0.2, -0.15) is 0 Å². The molecule has 0 unspecified atom stereocenters. The number of amides is 1. The van der Waals surface area contributed by atoms with Crippen molar-refractivity contribution in [3.63, 3.8) is 0 Å². The van der Waals surface area contributed by atoms with Crippen LogP contribution in [-0.2, 0) is 4.79 Å². The third kappa shape index (κ3) is 4.32. The highest BCUT2D eigenvalue weighted by molar-refractivity contribution is 5.83. The van der Waals surface area contributed by atoms with Crippen molar-refractivity contribution < 1.29 is 4.79 Å². The van der Waals surface area contributed by atoms with E-state index in [9.17, 15) is 9.59 Å². The number of H-pyrrole nitrogens is 1. The largest absolute Gasteiger partial charge is 0.341 e. The van der Waals surface area contributed by atoms with Crippen LogP contribution in [0.25, 0.3) is 11.3 Å². The molecule has 1 amide bonds. The molecule has 0 saturated carbocycles. The van der Waals surface area contributed by atoms with Crippen LogP contribution in [0.2, 0.25) is 0 Å². The highest BCUT2D eigenvalue weighted by atomic mass is 16.2. The summed E-state index contributed by atoms with van der Waals surface area (Å²) in [7, 11) is 0. The fourth-order valence-electron chi connectivity index (χ4n) is 4.01. The normalized spacial score (nSPS) is 17.5. The minimum atomic E-state index is -0.195. The predicted molar refractivity (Wildman–Crippen MR) is 116 cm³/mol. The Morgan fingerprint density at radius 1 is 1.17 bits per heavy atom. The third-order valence-electron chi connectivity index (χ3n) is 5.80. The Balaban J connectivity index is 1.54. The van der Waals surface area contributed by atoms with Crippen LogP contribution in [0.4, 0.5) is 0 Å². The molecule has 0 spiro atoms. The van der Waals surface area contributed by atoms with Crippen molar-refractivity contribution in [2.75, 3.05) is 13.1 Å². The predicted octanol–water partition coefficient (Wildman–Crippen LogP) is 3.65. The number of aryl methyl sites for hydroxylation is 1. The summed E-state index contributed by atoms with van der Waals surface area (Å²) in [5.74, 6) is 0.591. The van der Waals surface area contributed by atoms with Crippen molar-refractivity contribution >= 4 is 5.91 Å². The first kappa shape index (κ1) is 20.0. The summed E-state index contributed by atoms with van der Waals surface area (Å²) in [6, 6.07) is 13.3. The number of aromatic nitrogens is 3. The molecule has 1 aliphatic heterocycles. The van der Waals surface area contributed by atoms with Gasteiger partial charge in [-0.05, 0) is 44.4 Å². The summed E-state index contributed by atoms with van der Waals surface area (Å²) < 4.78 is 0. The number of rotatable bonds is 4. The van der Waals surface area contributed by atoms with Gasteiger partial charge in [-0.15, -0.1) is 0 Å². The van der Waals surface area contributed by atoms with Crippen molar-refractivity contribution in [1.82, 2.24) is 19.9 Å². The van der Waals surface area contributed by atoms with Crippen LogP contribution in [-0.4, -0.2) is 38.8 Å². The van der Waals surface area contributed by atoms with E-state index in [1.54, 1.807) is 12.4 Å². The van der Waals surface area contributed by atoms with Crippen LogP contribution in [0.15, 0.2) is 59.7 Å². The first-order valence-electron chi connectivity index (χ1n) is 10.4. The Kier molecular flexibility index (Phi) is 5.74. The zero-order chi connectivity index (χ0) is 21.1. The second kappa shape index (κ2) is 8.61. The molecule has 4 rings (SSSR count). The second-order valence-corrected chi connectivity index (χ2v) is 8.01. The van der Waals surface area contributed by atoms with E-state index in [1.165, 1.54) is 11.6 Å². The summed E-state index contributed by atoms with van der Waals surface area (Å²) in [6.45, 7) is 5.30. The summed E-state index contributed by atoms with van der Waals surface area (Å²) in [6.07, 6.45) is 5.16. The fourth-order valence-corrected chi connectivity index (χ4v) is 4.01. The average Bonchev–Trinajstić information content (AvgIpc) is 2.79. The van der Waals surface area contributed by atoms with Crippen molar-refractivity contribution in [2.24, 2.45) is 0 Å². The number of carbonyl (C=O) groups excluding carboxylic acids is 1. The van der Waals surface area contributed by atoms with Crippen molar-refractivity contribution in [1.29, 1.82) is 0 Å². The Morgan fingerprint density at radius 3 is 2.63 bits per heavy atom. The van der Waals surface area contributed by atoms with E-state index in [0.717, 1.165) is 30.5 Å². The maximum absolute atomic E-state index is 13.1. The summed E-state index contributed by atoms with van der Waals surface area (Å²) in [4.78, 5) is 39.0. The first-order valence-corrected chi connectivity index (χ1v) is 10.4. The smallest absolute Gasteiger partial charge is 0.251 e. The molecule has 154 valence electrons. The van der Waals surface area contributed by atoms with Crippen molar-refractivity contribution in [2.45, 2.75) is 38.5 Å². The Bertz CT molecular complexity index is 1080. The summed E-state index contributed by atoms with van der Waals surface area (Å²) in [5.41, 5.74) is 3.52. The van der Waals surface area contributed by atoms with Gasteiger partial charge in [-0.3, -0.25) is 14.6 Å². The van der Waals surface area contributed by atoms with Crippen LogP contribution >= 0.6 is 0 Å². The van der Waals surface area contributed by atoms with E-state index >= 15 is 0 Å². The molecule has 0 aliphatic carbocycles. The van der Waals surface area contributed by atoms with Gasteiger partial charge in [0.2, 0.25) is 5.91 Å². The Morgan fingerprint density at radius 2 is 1.90 bits per heavy atom. The highest BCUT2D eigenvalue weighted by Gasteiger charge is 2.29. The Labute approximate surface area is 176 Å². The van der Waals surface area contributed by atoms with Gasteiger partial charge in [-0.1, -0.05) is 29.8 Å². The van der Waals surface area contributed by atoms with Crippen molar-refractivity contribution in [3.05, 3.63) is 82.2 Å². The molecule has 0 bridgehead atoms. The fraction of sp³-hybridized carbons (Fsp3) is 0.333. The lowest BCUT2D eigenvalue weighted by molar-refractivity contribution is -0.133. The molecule has 6 heteroatoms.